The molecule has 1 aliphatic rings. The Morgan fingerprint density at radius 1 is 1.16 bits per heavy atom. The van der Waals surface area contributed by atoms with Crippen molar-refractivity contribution in [2.75, 3.05) is 17.7 Å². The van der Waals surface area contributed by atoms with Crippen LogP contribution in [0.5, 0.6) is 0 Å². The molecular weight excluding hydrogens is 487 g/mol. The van der Waals surface area contributed by atoms with E-state index in [0.717, 1.165) is 44.1 Å². The molecule has 0 radical (unpaired) electrons. The van der Waals surface area contributed by atoms with E-state index in [1.54, 1.807) is 12.1 Å². The number of benzene rings is 1. The van der Waals surface area contributed by atoms with Crippen molar-refractivity contribution in [3.8, 4) is 11.3 Å². The Balaban J connectivity index is 1.61. The van der Waals surface area contributed by atoms with Crippen molar-refractivity contribution in [1.29, 1.82) is 0 Å². The number of alkyl halides is 3. The van der Waals surface area contributed by atoms with Gasteiger partial charge in [0.2, 0.25) is 0 Å². The molecule has 0 saturated carbocycles. The number of hydrogen-bond acceptors (Lipinski definition) is 6. The van der Waals surface area contributed by atoms with E-state index >= 15 is 0 Å². The van der Waals surface area contributed by atoms with E-state index in [-0.39, 0.29) is 28.8 Å². The first-order valence-electron chi connectivity index (χ1n) is 11.6. The molecule has 1 aliphatic heterocycles. The molecule has 1 atom stereocenters. The molecule has 2 amide bonds. The molecule has 1 fully saturated rings. The average molecular weight is 514 g/mol. The summed E-state index contributed by atoms with van der Waals surface area (Å²) in [5, 5.41) is 2.36. The quantitative estimate of drug-likeness (QED) is 0.426. The number of nitrogens with one attached hydrogen (secondary N) is 1. The Kier molecular flexibility index (Phi) is 7.18. The third kappa shape index (κ3) is 5.42. The number of hydrogen-bond donors (Lipinski definition) is 3. The highest BCUT2D eigenvalue weighted by Gasteiger charge is 2.32. The molecule has 3 aromatic rings. The number of rotatable bonds is 6. The van der Waals surface area contributed by atoms with Gasteiger partial charge in [0.15, 0.2) is 11.5 Å². The number of pyridine rings is 1. The molecule has 1 saturated heterocycles. The Morgan fingerprint density at radius 3 is 2.54 bits per heavy atom. The van der Waals surface area contributed by atoms with Gasteiger partial charge in [-0.2, -0.15) is 13.2 Å². The van der Waals surface area contributed by atoms with Crippen molar-refractivity contribution in [2.24, 2.45) is 5.73 Å². The fourth-order valence-corrected chi connectivity index (χ4v) is 4.37. The Labute approximate surface area is 211 Å². The summed E-state index contributed by atoms with van der Waals surface area (Å²) in [6, 6.07) is 7.50. The van der Waals surface area contributed by atoms with Gasteiger partial charge < -0.3 is 21.8 Å². The number of likely N-dealkylation sites (tertiary alicyclic amines) is 1. The van der Waals surface area contributed by atoms with Gasteiger partial charge in [0, 0.05) is 23.9 Å². The molecule has 0 bridgehead atoms. The van der Waals surface area contributed by atoms with Crippen molar-refractivity contribution in [1.82, 2.24) is 19.5 Å². The number of amides is 2. The molecular formula is C25H26F3N7O2. The summed E-state index contributed by atoms with van der Waals surface area (Å²) in [4.78, 5) is 35.5. The summed E-state index contributed by atoms with van der Waals surface area (Å²) >= 11 is 0. The van der Waals surface area contributed by atoms with Crippen LogP contribution < -0.4 is 16.9 Å². The zero-order valence-corrected chi connectivity index (χ0v) is 20.0. The van der Waals surface area contributed by atoms with Gasteiger partial charge in [-0.05, 0) is 56.7 Å². The van der Waals surface area contributed by atoms with E-state index in [1.165, 1.54) is 16.8 Å². The highest BCUT2D eigenvalue weighted by Crippen LogP contribution is 2.34. The topological polar surface area (TPSA) is 132 Å². The van der Waals surface area contributed by atoms with Gasteiger partial charge in [0.25, 0.3) is 11.8 Å². The van der Waals surface area contributed by atoms with Gasteiger partial charge in [-0.15, -0.1) is 0 Å². The summed E-state index contributed by atoms with van der Waals surface area (Å²) in [7, 11) is 0. The molecule has 3 heterocycles. The lowest BCUT2D eigenvalue weighted by Crippen LogP contribution is -2.33. The smallest absolute Gasteiger partial charge is 0.368 e. The van der Waals surface area contributed by atoms with Gasteiger partial charge in [-0.3, -0.25) is 9.59 Å². The first-order chi connectivity index (χ1) is 17.6. The maximum atomic E-state index is 12.9. The number of piperidine rings is 1. The average Bonchev–Trinajstić information content (AvgIpc) is 3.21. The van der Waals surface area contributed by atoms with Crippen molar-refractivity contribution < 1.29 is 22.8 Å². The third-order valence-electron chi connectivity index (χ3n) is 6.10. The SMILES string of the molecule is CC=CN1CCCCC1c1nc(-c2ccc(C(=O)Nc3cc(C(F)(F)F)ccn3)cc2)c(C(N)=O)n1N. The Bertz CT molecular complexity index is 1330. The molecule has 0 spiro atoms. The summed E-state index contributed by atoms with van der Waals surface area (Å²) in [5.41, 5.74) is 5.70. The fraction of sp³-hybridized carbons (Fsp3) is 0.280. The van der Waals surface area contributed by atoms with E-state index in [0.29, 0.717) is 11.4 Å². The van der Waals surface area contributed by atoms with Gasteiger partial charge in [-0.25, -0.2) is 14.6 Å². The monoisotopic (exact) mass is 513 g/mol. The Hall–Kier alpha value is -4.35. The largest absolute Gasteiger partial charge is 0.416 e. The number of carbonyl (C=O) groups excluding carboxylic acids is 2. The van der Waals surface area contributed by atoms with Gasteiger partial charge in [-0.1, -0.05) is 18.2 Å². The summed E-state index contributed by atoms with van der Waals surface area (Å²) in [6.45, 7) is 2.75. The van der Waals surface area contributed by atoms with Crippen LogP contribution in [0.15, 0.2) is 54.9 Å². The minimum Gasteiger partial charge on any atom is -0.368 e. The van der Waals surface area contributed by atoms with Crippen LogP contribution in [0.2, 0.25) is 0 Å². The number of halogens is 3. The van der Waals surface area contributed by atoms with Crippen LogP contribution in [0.4, 0.5) is 19.0 Å². The number of nitrogens with two attached hydrogens (primary N) is 2. The van der Waals surface area contributed by atoms with Crippen LogP contribution in [-0.4, -0.2) is 37.9 Å². The normalized spacial score (nSPS) is 16.2. The number of carbonyl (C=O) groups is 2. The standard InChI is InChI=1S/C25H26F3N7O2/c1-2-12-34-13-4-3-5-18(34)23-33-20(21(22(29)36)35(23)30)15-6-8-16(9-7-15)24(37)32-19-14-17(10-11-31-19)25(26,27)28/h2,6-12,14,18H,3-5,13,30H2,1H3,(H2,29,36)(H,31,32,37). The molecule has 37 heavy (non-hydrogen) atoms. The minimum atomic E-state index is -4.56. The maximum Gasteiger partial charge on any atom is 0.416 e. The number of primary amides is 1. The summed E-state index contributed by atoms with van der Waals surface area (Å²) in [6.07, 6.45) is 3.12. The number of aromatic nitrogens is 3. The second kappa shape index (κ2) is 10.3. The number of anilines is 1. The van der Waals surface area contributed by atoms with Crippen molar-refractivity contribution >= 4 is 17.6 Å². The number of imidazole rings is 1. The van der Waals surface area contributed by atoms with Crippen LogP contribution >= 0.6 is 0 Å². The molecule has 5 N–H and O–H groups in total. The van der Waals surface area contributed by atoms with Gasteiger partial charge in [0.1, 0.15) is 11.5 Å². The first-order valence-corrected chi connectivity index (χ1v) is 11.6. The lowest BCUT2D eigenvalue weighted by molar-refractivity contribution is -0.137. The van der Waals surface area contributed by atoms with Gasteiger partial charge in [0.05, 0.1) is 11.6 Å². The molecule has 2 aromatic heterocycles. The summed E-state index contributed by atoms with van der Waals surface area (Å²) in [5.74, 6) is 5.16. The van der Waals surface area contributed by atoms with E-state index in [4.69, 9.17) is 11.6 Å². The van der Waals surface area contributed by atoms with Crippen molar-refractivity contribution in [2.45, 2.75) is 38.4 Å². The lowest BCUT2D eigenvalue weighted by Gasteiger charge is -2.34. The third-order valence-corrected chi connectivity index (χ3v) is 6.10. The predicted octanol–water partition coefficient (Wildman–Crippen LogP) is 4.09. The minimum absolute atomic E-state index is 0.0337. The zero-order valence-electron chi connectivity index (χ0n) is 20.0. The van der Waals surface area contributed by atoms with Crippen LogP contribution in [0.1, 0.15) is 64.5 Å². The van der Waals surface area contributed by atoms with E-state index in [1.807, 2.05) is 19.2 Å². The lowest BCUT2D eigenvalue weighted by atomic mass is 10.0. The second-order valence-corrected chi connectivity index (χ2v) is 8.59. The van der Waals surface area contributed by atoms with E-state index in [9.17, 15) is 22.8 Å². The molecule has 12 heteroatoms. The van der Waals surface area contributed by atoms with Crippen molar-refractivity contribution in [3.05, 3.63) is 77.5 Å². The second-order valence-electron chi connectivity index (χ2n) is 8.59. The Morgan fingerprint density at radius 2 is 1.89 bits per heavy atom. The molecule has 0 aliphatic carbocycles. The number of allylic oxidation sites excluding steroid dienone is 1. The summed E-state index contributed by atoms with van der Waals surface area (Å²) < 4.78 is 40.0. The van der Waals surface area contributed by atoms with Crippen LogP contribution in [0.25, 0.3) is 11.3 Å². The van der Waals surface area contributed by atoms with E-state index < -0.39 is 23.6 Å². The highest BCUT2D eigenvalue weighted by atomic mass is 19.4. The fourth-order valence-electron chi connectivity index (χ4n) is 4.37. The van der Waals surface area contributed by atoms with Crippen LogP contribution in [0.3, 0.4) is 0 Å². The molecule has 9 nitrogen and oxygen atoms in total. The number of nitrogens with zero attached hydrogens (tertiary/aromatic N) is 4. The molecule has 4 rings (SSSR count). The van der Waals surface area contributed by atoms with Crippen LogP contribution in [0, 0.1) is 0 Å². The molecule has 194 valence electrons. The van der Waals surface area contributed by atoms with Gasteiger partial charge >= 0.3 is 6.18 Å². The zero-order chi connectivity index (χ0) is 26.7. The highest BCUT2D eigenvalue weighted by molar-refractivity contribution is 6.04. The van der Waals surface area contributed by atoms with Crippen molar-refractivity contribution in [3.63, 3.8) is 0 Å². The maximum absolute atomic E-state index is 12.9. The van der Waals surface area contributed by atoms with E-state index in [2.05, 4.69) is 20.2 Å². The molecule has 1 unspecified atom stereocenters. The predicted molar refractivity (Wildman–Crippen MR) is 132 cm³/mol. The van der Waals surface area contributed by atoms with Crippen LogP contribution in [-0.2, 0) is 6.18 Å². The first kappa shape index (κ1) is 25.7. The number of nitrogen functional groups attached to an aromatic ring is 1. The molecule has 1 aromatic carbocycles.